The van der Waals surface area contributed by atoms with Gasteiger partial charge in [-0.3, -0.25) is 0 Å². The van der Waals surface area contributed by atoms with E-state index in [9.17, 15) is 15.3 Å². The van der Waals surface area contributed by atoms with Gasteiger partial charge in [0.05, 0.1) is 6.61 Å². The molecule has 1 aliphatic heterocycles. The Morgan fingerprint density at radius 2 is 1.76 bits per heavy atom. The molecule has 0 aliphatic carbocycles. The van der Waals surface area contributed by atoms with Crippen LogP contribution in [0.2, 0.25) is 0 Å². The summed E-state index contributed by atoms with van der Waals surface area (Å²) in [6.45, 7) is 0.236. The molecule has 1 heterocycles. The fraction of sp³-hybridized carbons (Fsp3) is 1.00. The van der Waals surface area contributed by atoms with Crippen LogP contribution in [0.3, 0.4) is 0 Å². The summed E-state index contributed by atoms with van der Waals surface area (Å²) in [5, 5.41) is 37.8. The molecule has 0 amide bonds. The van der Waals surface area contributed by atoms with Gasteiger partial charge in [0.25, 0.3) is 0 Å². The standard InChI is InChI=1S/C10H21NO5S/c11-3-1-2-4-17-10-9(15)8(14)7(13)6(5-12)16-10/h6-10,12-15H,1-5,11H2/t6-,7-,8+,9+,10-/m1/s1. The monoisotopic (exact) mass is 267 g/mol. The van der Waals surface area contributed by atoms with E-state index in [1.54, 1.807) is 0 Å². The van der Waals surface area contributed by atoms with Crippen LogP contribution < -0.4 is 5.73 Å². The molecule has 102 valence electrons. The van der Waals surface area contributed by atoms with E-state index in [1.807, 2.05) is 0 Å². The molecule has 0 aromatic heterocycles. The molecule has 0 radical (unpaired) electrons. The third-order valence-corrected chi connectivity index (χ3v) is 3.97. The molecular weight excluding hydrogens is 246 g/mol. The average Bonchev–Trinajstić information content (AvgIpc) is 2.34. The molecule has 0 bridgehead atoms. The zero-order valence-corrected chi connectivity index (χ0v) is 10.4. The Morgan fingerprint density at radius 3 is 2.35 bits per heavy atom. The van der Waals surface area contributed by atoms with Gasteiger partial charge in [0, 0.05) is 0 Å². The summed E-state index contributed by atoms with van der Waals surface area (Å²) < 4.78 is 5.33. The third-order valence-electron chi connectivity index (χ3n) is 2.73. The van der Waals surface area contributed by atoms with Crippen molar-refractivity contribution >= 4 is 11.8 Å². The maximum absolute atomic E-state index is 9.72. The highest BCUT2D eigenvalue weighted by Crippen LogP contribution is 2.28. The van der Waals surface area contributed by atoms with Crippen molar-refractivity contribution in [2.24, 2.45) is 5.73 Å². The highest BCUT2D eigenvalue weighted by Gasteiger charge is 2.43. The Labute approximate surface area is 105 Å². The number of hydrogen-bond acceptors (Lipinski definition) is 7. The minimum Gasteiger partial charge on any atom is -0.394 e. The van der Waals surface area contributed by atoms with E-state index in [0.29, 0.717) is 6.54 Å². The molecule has 0 spiro atoms. The molecule has 0 aromatic rings. The second-order valence-electron chi connectivity index (χ2n) is 4.06. The number of aliphatic hydroxyl groups excluding tert-OH is 4. The topological polar surface area (TPSA) is 116 Å². The summed E-state index contributed by atoms with van der Waals surface area (Å²) in [6, 6.07) is 0. The molecule has 6 nitrogen and oxygen atoms in total. The fourth-order valence-corrected chi connectivity index (χ4v) is 2.83. The zero-order valence-electron chi connectivity index (χ0n) is 9.60. The first-order valence-corrected chi connectivity index (χ1v) is 6.79. The molecule has 7 heteroatoms. The number of rotatable bonds is 6. The van der Waals surface area contributed by atoms with Crippen LogP contribution in [-0.4, -0.2) is 69.2 Å². The van der Waals surface area contributed by atoms with E-state index in [0.717, 1.165) is 18.6 Å². The van der Waals surface area contributed by atoms with Gasteiger partial charge < -0.3 is 30.9 Å². The van der Waals surface area contributed by atoms with Crippen molar-refractivity contribution in [1.82, 2.24) is 0 Å². The average molecular weight is 267 g/mol. The summed E-state index contributed by atoms with van der Waals surface area (Å²) in [4.78, 5) is 0. The quantitative estimate of drug-likeness (QED) is 0.363. The van der Waals surface area contributed by atoms with E-state index in [4.69, 9.17) is 15.6 Å². The lowest BCUT2D eigenvalue weighted by Gasteiger charge is -2.39. The molecule has 17 heavy (non-hydrogen) atoms. The van der Waals surface area contributed by atoms with Crippen LogP contribution in [0, 0.1) is 0 Å². The fourth-order valence-electron chi connectivity index (χ4n) is 1.65. The lowest BCUT2D eigenvalue weighted by molar-refractivity contribution is -0.205. The van der Waals surface area contributed by atoms with Crippen LogP contribution in [-0.2, 0) is 4.74 Å². The first-order chi connectivity index (χ1) is 8.11. The normalized spacial score (nSPS) is 38.3. The first kappa shape index (κ1) is 15.2. The Balaban J connectivity index is 2.42. The number of ether oxygens (including phenoxy) is 1. The second kappa shape index (κ2) is 7.52. The van der Waals surface area contributed by atoms with Crippen LogP contribution in [0.15, 0.2) is 0 Å². The minimum absolute atomic E-state index is 0.384. The Hall–Kier alpha value is 0.110. The molecule has 1 aliphatic rings. The summed E-state index contributed by atoms with van der Waals surface area (Å²) in [7, 11) is 0. The van der Waals surface area contributed by atoms with Gasteiger partial charge in [0.1, 0.15) is 29.9 Å². The molecule has 6 N–H and O–H groups in total. The number of thioether (sulfide) groups is 1. The van der Waals surface area contributed by atoms with Crippen molar-refractivity contribution in [2.75, 3.05) is 18.9 Å². The summed E-state index contributed by atoms with van der Waals surface area (Å²) in [5.74, 6) is 0.750. The van der Waals surface area contributed by atoms with Gasteiger partial charge in [-0.05, 0) is 25.1 Å². The molecule has 0 saturated carbocycles. The van der Waals surface area contributed by atoms with Crippen molar-refractivity contribution in [3.63, 3.8) is 0 Å². The van der Waals surface area contributed by atoms with Gasteiger partial charge in [-0.15, -0.1) is 11.8 Å². The van der Waals surface area contributed by atoms with E-state index in [2.05, 4.69) is 0 Å². The highest BCUT2D eigenvalue weighted by atomic mass is 32.2. The van der Waals surface area contributed by atoms with Crippen molar-refractivity contribution in [2.45, 2.75) is 42.7 Å². The number of hydrogen-bond donors (Lipinski definition) is 5. The lowest BCUT2D eigenvalue weighted by atomic mass is 10.0. The summed E-state index contributed by atoms with van der Waals surface area (Å²) in [6.07, 6.45) is -2.74. The van der Waals surface area contributed by atoms with Crippen molar-refractivity contribution < 1.29 is 25.2 Å². The maximum Gasteiger partial charge on any atom is 0.132 e. The first-order valence-electron chi connectivity index (χ1n) is 5.74. The van der Waals surface area contributed by atoms with Crippen LogP contribution in [0.25, 0.3) is 0 Å². The second-order valence-corrected chi connectivity index (χ2v) is 5.27. The predicted molar refractivity (Wildman–Crippen MR) is 64.5 cm³/mol. The van der Waals surface area contributed by atoms with Gasteiger partial charge in [-0.1, -0.05) is 0 Å². The largest absolute Gasteiger partial charge is 0.394 e. The van der Waals surface area contributed by atoms with E-state index in [-0.39, 0.29) is 6.61 Å². The SMILES string of the molecule is NCCCCS[C@H]1O[C@H](CO)[C@@H](O)[C@H](O)[C@@H]1O. The summed E-state index contributed by atoms with van der Waals surface area (Å²) in [5.41, 5.74) is 4.74. The highest BCUT2D eigenvalue weighted by molar-refractivity contribution is 7.99. The zero-order chi connectivity index (χ0) is 12.8. The molecule has 5 atom stereocenters. The third kappa shape index (κ3) is 4.06. The van der Waals surface area contributed by atoms with Crippen LogP contribution in [0.1, 0.15) is 12.8 Å². The maximum atomic E-state index is 9.72. The van der Waals surface area contributed by atoms with Gasteiger partial charge in [0.15, 0.2) is 0 Å². The smallest absolute Gasteiger partial charge is 0.132 e. The Kier molecular flexibility index (Phi) is 6.71. The Bertz CT molecular complexity index is 219. The van der Waals surface area contributed by atoms with Crippen LogP contribution in [0.4, 0.5) is 0 Å². The van der Waals surface area contributed by atoms with E-state index in [1.165, 1.54) is 11.8 Å². The molecular formula is C10H21NO5S. The minimum atomic E-state index is -1.28. The summed E-state index contributed by atoms with van der Waals surface area (Å²) >= 11 is 1.36. The van der Waals surface area contributed by atoms with Crippen molar-refractivity contribution in [3.8, 4) is 0 Å². The van der Waals surface area contributed by atoms with Gasteiger partial charge in [-0.2, -0.15) is 0 Å². The lowest BCUT2D eigenvalue weighted by Crippen LogP contribution is -2.57. The number of unbranched alkanes of at least 4 members (excludes halogenated alkanes) is 1. The van der Waals surface area contributed by atoms with Crippen molar-refractivity contribution in [1.29, 1.82) is 0 Å². The van der Waals surface area contributed by atoms with Gasteiger partial charge in [0.2, 0.25) is 0 Å². The van der Waals surface area contributed by atoms with Gasteiger partial charge >= 0.3 is 0 Å². The molecule has 1 rings (SSSR count). The molecule has 0 aromatic carbocycles. The predicted octanol–water partition coefficient (Wildman–Crippen LogP) is -1.74. The molecule has 0 unspecified atom stereocenters. The number of nitrogens with two attached hydrogens (primary N) is 1. The van der Waals surface area contributed by atoms with Crippen LogP contribution >= 0.6 is 11.8 Å². The van der Waals surface area contributed by atoms with Gasteiger partial charge in [-0.25, -0.2) is 0 Å². The molecule has 1 saturated heterocycles. The van der Waals surface area contributed by atoms with E-state index >= 15 is 0 Å². The Morgan fingerprint density at radius 1 is 1.06 bits per heavy atom. The molecule has 1 fully saturated rings. The number of aliphatic hydroxyl groups is 4. The van der Waals surface area contributed by atoms with Crippen LogP contribution in [0.5, 0.6) is 0 Å². The van der Waals surface area contributed by atoms with Crippen molar-refractivity contribution in [3.05, 3.63) is 0 Å². The van der Waals surface area contributed by atoms with E-state index < -0.39 is 29.9 Å².